The van der Waals surface area contributed by atoms with Crippen molar-refractivity contribution < 1.29 is 4.79 Å². The lowest BCUT2D eigenvalue weighted by Gasteiger charge is -2.16. The maximum absolute atomic E-state index is 12.0. The molecule has 0 saturated carbocycles. The van der Waals surface area contributed by atoms with Gasteiger partial charge in [-0.15, -0.1) is 0 Å². The first-order chi connectivity index (χ1) is 11.1. The molecule has 3 aromatic rings. The van der Waals surface area contributed by atoms with Gasteiger partial charge >= 0.3 is 0 Å². The molecule has 2 heterocycles. The highest BCUT2D eigenvalue weighted by atomic mass is 35.5. The van der Waals surface area contributed by atoms with Gasteiger partial charge in [0.2, 0.25) is 5.91 Å². The number of fused-ring (bicyclic) bond motifs is 1. The van der Waals surface area contributed by atoms with Crippen LogP contribution >= 0.6 is 23.3 Å². The summed E-state index contributed by atoms with van der Waals surface area (Å²) in [6.07, 6.45) is 1.50. The van der Waals surface area contributed by atoms with E-state index in [0.717, 1.165) is 16.6 Å². The Bertz CT molecular complexity index is 820. The molecule has 0 atom stereocenters. The van der Waals surface area contributed by atoms with E-state index in [4.69, 9.17) is 11.6 Å². The number of amides is 1. The quantitative estimate of drug-likeness (QED) is 0.768. The van der Waals surface area contributed by atoms with Gasteiger partial charge in [-0.05, 0) is 36.9 Å². The van der Waals surface area contributed by atoms with Crippen LogP contribution in [-0.4, -0.2) is 38.1 Å². The lowest BCUT2D eigenvalue weighted by molar-refractivity contribution is -0.117. The first kappa shape index (κ1) is 15.8. The van der Waals surface area contributed by atoms with Crippen molar-refractivity contribution >= 4 is 46.1 Å². The van der Waals surface area contributed by atoms with Gasteiger partial charge in [0, 0.05) is 12.7 Å². The summed E-state index contributed by atoms with van der Waals surface area (Å²) >= 11 is 6.96. The number of likely N-dealkylation sites (N-methyl/N-ethyl adjacent to an activating group) is 1. The second-order valence-corrected chi connectivity index (χ2v) is 6.13. The van der Waals surface area contributed by atoms with Crippen molar-refractivity contribution in [2.24, 2.45) is 0 Å². The summed E-state index contributed by atoms with van der Waals surface area (Å²) in [6, 6.07) is 9.29. The number of pyridine rings is 1. The van der Waals surface area contributed by atoms with Crippen LogP contribution in [0, 0.1) is 0 Å². The molecule has 6 nitrogen and oxygen atoms in total. The minimum Gasteiger partial charge on any atom is -0.310 e. The van der Waals surface area contributed by atoms with Gasteiger partial charge in [0.05, 0.1) is 23.3 Å². The predicted molar refractivity (Wildman–Crippen MR) is 91.6 cm³/mol. The number of nitrogens with zero attached hydrogens (tertiary/aromatic N) is 4. The van der Waals surface area contributed by atoms with E-state index in [1.165, 1.54) is 17.9 Å². The van der Waals surface area contributed by atoms with Crippen LogP contribution in [0.15, 0.2) is 36.5 Å². The smallest absolute Gasteiger partial charge is 0.239 e. The monoisotopic (exact) mass is 347 g/mol. The number of benzene rings is 1. The highest BCUT2D eigenvalue weighted by Gasteiger charge is 2.09. The Hall–Kier alpha value is -2.09. The topological polar surface area (TPSA) is 71.0 Å². The van der Waals surface area contributed by atoms with E-state index in [1.54, 1.807) is 12.1 Å². The third-order valence-corrected chi connectivity index (χ3v) is 3.96. The average Bonchev–Trinajstić information content (AvgIpc) is 2.97. The van der Waals surface area contributed by atoms with E-state index in [1.807, 2.05) is 30.1 Å². The van der Waals surface area contributed by atoms with Crippen molar-refractivity contribution in [1.29, 1.82) is 0 Å². The molecule has 0 aliphatic carbocycles. The predicted octanol–water partition coefficient (Wildman–Crippen LogP) is 2.81. The third-order valence-electron chi connectivity index (χ3n) is 3.18. The number of carbonyl (C=O) groups is 1. The second-order valence-electron chi connectivity index (χ2n) is 5.17. The molecule has 0 spiro atoms. The first-order valence-corrected chi connectivity index (χ1v) is 8.02. The number of hydrogen-bond acceptors (Lipinski definition) is 6. The number of carbonyl (C=O) groups excluding carboxylic acids is 1. The van der Waals surface area contributed by atoms with Crippen molar-refractivity contribution in [1.82, 2.24) is 18.6 Å². The van der Waals surface area contributed by atoms with Crippen molar-refractivity contribution in [2.45, 2.75) is 6.54 Å². The van der Waals surface area contributed by atoms with Gasteiger partial charge in [-0.3, -0.25) is 9.69 Å². The molecule has 0 saturated heterocycles. The van der Waals surface area contributed by atoms with E-state index in [-0.39, 0.29) is 12.5 Å². The molecule has 8 heteroatoms. The van der Waals surface area contributed by atoms with Crippen LogP contribution in [0.25, 0.3) is 11.0 Å². The normalized spacial score (nSPS) is 11.1. The molecule has 0 aliphatic heterocycles. The molecule has 1 N–H and O–H groups in total. The molecule has 0 unspecified atom stereocenters. The van der Waals surface area contributed by atoms with Gasteiger partial charge in [0.15, 0.2) is 0 Å². The molecule has 0 radical (unpaired) electrons. The molecule has 3 rings (SSSR count). The van der Waals surface area contributed by atoms with Gasteiger partial charge in [-0.2, -0.15) is 8.75 Å². The number of hydrogen-bond donors (Lipinski definition) is 1. The second kappa shape index (κ2) is 6.99. The molecule has 118 valence electrons. The Kier molecular flexibility index (Phi) is 4.80. The summed E-state index contributed by atoms with van der Waals surface area (Å²) in [5, 5.41) is 3.27. The van der Waals surface area contributed by atoms with E-state index in [9.17, 15) is 4.79 Å². The first-order valence-electron chi connectivity index (χ1n) is 6.91. The van der Waals surface area contributed by atoms with Crippen LogP contribution in [0.4, 0.5) is 5.82 Å². The maximum Gasteiger partial charge on any atom is 0.239 e. The van der Waals surface area contributed by atoms with Crippen molar-refractivity contribution in [2.75, 3.05) is 18.9 Å². The van der Waals surface area contributed by atoms with E-state index < -0.39 is 0 Å². The number of halogens is 1. The summed E-state index contributed by atoms with van der Waals surface area (Å²) in [6.45, 7) is 0.909. The Morgan fingerprint density at radius 2 is 2.09 bits per heavy atom. The molecular formula is C15H14ClN5OS. The fourth-order valence-electron chi connectivity index (χ4n) is 2.17. The fraction of sp³-hybridized carbons (Fsp3) is 0.200. The van der Waals surface area contributed by atoms with Gasteiger partial charge in [-0.1, -0.05) is 17.7 Å². The van der Waals surface area contributed by atoms with Crippen molar-refractivity contribution in [3.63, 3.8) is 0 Å². The molecule has 23 heavy (non-hydrogen) atoms. The minimum absolute atomic E-state index is 0.126. The summed E-state index contributed by atoms with van der Waals surface area (Å²) in [7, 11) is 1.89. The fourth-order valence-corrected chi connectivity index (χ4v) is 2.80. The third kappa shape index (κ3) is 4.22. The van der Waals surface area contributed by atoms with Crippen LogP contribution in [0.5, 0.6) is 0 Å². The van der Waals surface area contributed by atoms with Gasteiger partial charge in [-0.25, -0.2) is 4.98 Å². The van der Waals surface area contributed by atoms with Crippen LogP contribution < -0.4 is 5.32 Å². The summed E-state index contributed by atoms with van der Waals surface area (Å²) in [5.41, 5.74) is 2.87. The summed E-state index contributed by atoms with van der Waals surface area (Å²) in [5.74, 6) is 0.362. The van der Waals surface area contributed by atoms with E-state index in [0.29, 0.717) is 17.4 Å². The maximum atomic E-state index is 12.0. The summed E-state index contributed by atoms with van der Waals surface area (Å²) in [4.78, 5) is 18.0. The Morgan fingerprint density at radius 3 is 2.87 bits per heavy atom. The average molecular weight is 348 g/mol. The molecular weight excluding hydrogens is 334 g/mol. The van der Waals surface area contributed by atoms with Crippen LogP contribution in [0.1, 0.15) is 5.56 Å². The minimum atomic E-state index is -0.126. The largest absolute Gasteiger partial charge is 0.310 e. The van der Waals surface area contributed by atoms with Gasteiger partial charge in [0.25, 0.3) is 0 Å². The lowest BCUT2D eigenvalue weighted by atomic mass is 10.2. The van der Waals surface area contributed by atoms with Crippen LogP contribution in [0.2, 0.25) is 5.02 Å². The molecule has 0 bridgehead atoms. The van der Waals surface area contributed by atoms with E-state index >= 15 is 0 Å². The van der Waals surface area contributed by atoms with Crippen LogP contribution in [0.3, 0.4) is 0 Å². The zero-order valence-corrected chi connectivity index (χ0v) is 13.9. The molecule has 0 fully saturated rings. The molecule has 2 aromatic heterocycles. The van der Waals surface area contributed by atoms with Crippen LogP contribution in [-0.2, 0) is 11.3 Å². The zero-order chi connectivity index (χ0) is 16.2. The lowest BCUT2D eigenvalue weighted by Crippen LogP contribution is -2.30. The van der Waals surface area contributed by atoms with E-state index in [2.05, 4.69) is 19.0 Å². The Morgan fingerprint density at radius 1 is 1.26 bits per heavy atom. The van der Waals surface area contributed by atoms with Crippen molar-refractivity contribution in [3.8, 4) is 0 Å². The van der Waals surface area contributed by atoms with Gasteiger partial charge < -0.3 is 5.32 Å². The number of anilines is 1. The summed E-state index contributed by atoms with van der Waals surface area (Å²) < 4.78 is 8.40. The zero-order valence-electron chi connectivity index (χ0n) is 12.4. The van der Waals surface area contributed by atoms with Crippen molar-refractivity contribution in [3.05, 3.63) is 47.1 Å². The number of aromatic nitrogens is 3. The number of nitrogens with one attached hydrogen (secondary N) is 1. The Balaban J connectivity index is 1.56. The standard InChI is InChI=1S/C15H14ClN5OS/c1-21(8-10-2-4-12-13(6-10)20-23-19-12)9-15(22)18-14-5-3-11(16)7-17-14/h2-7H,8-9H2,1H3,(H,17,18,22). The Labute approximate surface area is 142 Å². The highest BCUT2D eigenvalue weighted by Crippen LogP contribution is 2.15. The number of rotatable bonds is 5. The van der Waals surface area contributed by atoms with Gasteiger partial charge in [0.1, 0.15) is 16.9 Å². The SMILES string of the molecule is CN(CC(=O)Nc1ccc(Cl)cn1)Cc1ccc2nsnc2c1. The molecule has 1 aromatic carbocycles. The molecule has 0 aliphatic rings. The highest BCUT2D eigenvalue weighted by molar-refractivity contribution is 7.00. The molecule has 1 amide bonds.